The molecule has 1 saturated heterocycles. The minimum atomic E-state index is -4.26. The highest BCUT2D eigenvalue weighted by molar-refractivity contribution is 5.45. The minimum Gasteiger partial charge on any atom is -0.385 e. The van der Waals surface area contributed by atoms with E-state index in [-0.39, 0.29) is 0 Å². The van der Waals surface area contributed by atoms with Crippen molar-refractivity contribution in [2.75, 3.05) is 31.5 Å². The summed E-state index contributed by atoms with van der Waals surface area (Å²) in [6, 6.07) is 5.22. The van der Waals surface area contributed by atoms with Crippen molar-refractivity contribution < 1.29 is 13.2 Å². The van der Waals surface area contributed by atoms with Gasteiger partial charge in [0.2, 0.25) is 0 Å². The predicted molar refractivity (Wildman–Crippen MR) is 74.8 cm³/mol. The third-order valence-electron chi connectivity index (χ3n) is 3.64. The van der Waals surface area contributed by atoms with Gasteiger partial charge in [-0.1, -0.05) is 6.42 Å². The maximum atomic E-state index is 12.4. The molecule has 1 fully saturated rings. The number of halogens is 3. The number of hydrogen-bond donors (Lipinski definition) is 1. The topological polar surface area (TPSA) is 15.3 Å². The average molecular weight is 286 g/mol. The molecule has 2 rings (SSSR count). The first-order chi connectivity index (χ1) is 9.55. The lowest BCUT2D eigenvalue weighted by atomic mass is 10.1. The number of rotatable bonds is 5. The molecule has 0 bridgehead atoms. The van der Waals surface area contributed by atoms with Gasteiger partial charge in [0.1, 0.15) is 0 Å². The summed E-state index contributed by atoms with van der Waals surface area (Å²) in [4.78, 5) is 2.46. The molecular formula is C15H21F3N2. The quantitative estimate of drug-likeness (QED) is 0.823. The van der Waals surface area contributed by atoms with Gasteiger partial charge in [0.05, 0.1) is 5.56 Å². The summed E-state index contributed by atoms with van der Waals surface area (Å²) in [6.07, 6.45) is 0.660. The summed E-state index contributed by atoms with van der Waals surface area (Å²) >= 11 is 0. The predicted octanol–water partition coefficient (Wildman–Crippen LogP) is 3.99. The second kappa shape index (κ2) is 6.97. The van der Waals surface area contributed by atoms with E-state index in [1.807, 2.05) is 0 Å². The van der Waals surface area contributed by atoms with E-state index >= 15 is 0 Å². The van der Waals surface area contributed by atoms with Gasteiger partial charge in [-0.05, 0) is 63.2 Å². The van der Waals surface area contributed by atoms with Crippen LogP contribution in [0.4, 0.5) is 18.9 Å². The number of likely N-dealkylation sites (tertiary alicyclic amines) is 1. The van der Waals surface area contributed by atoms with Crippen LogP contribution in [0.5, 0.6) is 0 Å². The van der Waals surface area contributed by atoms with Crippen molar-refractivity contribution in [3.8, 4) is 0 Å². The lowest BCUT2D eigenvalue weighted by Crippen LogP contribution is -2.31. The second-order valence-corrected chi connectivity index (χ2v) is 5.26. The van der Waals surface area contributed by atoms with Gasteiger partial charge in [-0.2, -0.15) is 13.2 Å². The monoisotopic (exact) mass is 286 g/mol. The van der Waals surface area contributed by atoms with Crippen LogP contribution in [0.1, 0.15) is 31.2 Å². The first-order valence-electron chi connectivity index (χ1n) is 7.19. The van der Waals surface area contributed by atoms with Crippen LogP contribution in [-0.4, -0.2) is 31.1 Å². The van der Waals surface area contributed by atoms with Crippen molar-refractivity contribution in [3.63, 3.8) is 0 Å². The average Bonchev–Trinajstić information content (AvgIpc) is 2.44. The molecule has 1 aliphatic rings. The SMILES string of the molecule is FC(F)(F)c1ccc(NCCCN2CCCCC2)cc1. The van der Waals surface area contributed by atoms with Crippen molar-refractivity contribution in [1.82, 2.24) is 4.90 Å². The van der Waals surface area contributed by atoms with Gasteiger partial charge in [0.15, 0.2) is 0 Å². The third kappa shape index (κ3) is 4.71. The van der Waals surface area contributed by atoms with E-state index in [0.29, 0.717) is 0 Å². The van der Waals surface area contributed by atoms with Crippen LogP contribution in [0.3, 0.4) is 0 Å². The highest BCUT2D eigenvalue weighted by atomic mass is 19.4. The molecule has 1 heterocycles. The van der Waals surface area contributed by atoms with E-state index in [4.69, 9.17) is 0 Å². The van der Waals surface area contributed by atoms with E-state index in [1.54, 1.807) is 0 Å². The molecule has 1 aliphatic heterocycles. The summed E-state index contributed by atoms with van der Waals surface area (Å²) in [5.74, 6) is 0. The Bertz CT molecular complexity index is 395. The van der Waals surface area contributed by atoms with Crippen molar-refractivity contribution in [2.24, 2.45) is 0 Å². The molecule has 5 heteroatoms. The Hall–Kier alpha value is -1.23. The Labute approximate surface area is 118 Å². The molecule has 0 radical (unpaired) electrons. The van der Waals surface area contributed by atoms with Crippen molar-refractivity contribution in [2.45, 2.75) is 31.9 Å². The fourth-order valence-corrected chi connectivity index (χ4v) is 2.50. The van der Waals surface area contributed by atoms with Gasteiger partial charge in [0, 0.05) is 12.2 Å². The van der Waals surface area contributed by atoms with Gasteiger partial charge >= 0.3 is 6.18 Å². The summed E-state index contributed by atoms with van der Waals surface area (Å²) in [7, 11) is 0. The second-order valence-electron chi connectivity index (χ2n) is 5.26. The Balaban J connectivity index is 1.68. The van der Waals surface area contributed by atoms with E-state index in [0.717, 1.165) is 37.3 Å². The molecule has 0 amide bonds. The summed E-state index contributed by atoms with van der Waals surface area (Å²) in [5.41, 5.74) is 0.146. The van der Waals surface area contributed by atoms with Crippen LogP contribution >= 0.6 is 0 Å². The molecular weight excluding hydrogens is 265 g/mol. The molecule has 0 saturated carbocycles. The molecule has 2 nitrogen and oxygen atoms in total. The number of alkyl halides is 3. The number of hydrogen-bond acceptors (Lipinski definition) is 2. The number of benzene rings is 1. The Morgan fingerprint density at radius 2 is 1.65 bits per heavy atom. The molecule has 0 atom stereocenters. The molecule has 1 aromatic carbocycles. The van der Waals surface area contributed by atoms with E-state index in [9.17, 15) is 13.2 Å². The third-order valence-corrected chi connectivity index (χ3v) is 3.64. The van der Waals surface area contributed by atoms with Gasteiger partial charge < -0.3 is 10.2 Å². The first-order valence-corrected chi connectivity index (χ1v) is 7.19. The molecule has 0 aromatic heterocycles. The highest BCUT2D eigenvalue weighted by Crippen LogP contribution is 2.29. The minimum absolute atomic E-state index is 0.601. The lowest BCUT2D eigenvalue weighted by Gasteiger charge is -2.26. The van der Waals surface area contributed by atoms with E-state index in [2.05, 4.69) is 10.2 Å². The standard InChI is InChI=1S/C15H21F3N2/c16-15(17,18)13-5-7-14(8-6-13)19-9-4-12-20-10-2-1-3-11-20/h5-8,19H,1-4,9-12H2. The molecule has 112 valence electrons. The number of piperidine rings is 1. The van der Waals surface area contributed by atoms with E-state index in [1.165, 1.54) is 44.5 Å². The smallest absolute Gasteiger partial charge is 0.385 e. The van der Waals surface area contributed by atoms with Crippen molar-refractivity contribution in [3.05, 3.63) is 29.8 Å². The molecule has 0 unspecified atom stereocenters. The van der Waals surface area contributed by atoms with Gasteiger partial charge in [-0.3, -0.25) is 0 Å². The lowest BCUT2D eigenvalue weighted by molar-refractivity contribution is -0.137. The maximum absolute atomic E-state index is 12.4. The molecule has 1 aromatic rings. The fraction of sp³-hybridized carbons (Fsp3) is 0.600. The van der Waals surface area contributed by atoms with Crippen molar-refractivity contribution >= 4 is 5.69 Å². The number of nitrogens with one attached hydrogen (secondary N) is 1. The Morgan fingerprint density at radius 3 is 2.25 bits per heavy atom. The zero-order valence-corrected chi connectivity index (χ0v) is 11.5. The fourth-order valence-electron chi connectivity index (χ4n) is 2.50. The molecule has 0 spiro atoms. The molecule has 20 heavy (non-hydrogen) atoms. The molecule has 0 aliphatic carbocycles. The zero-order chi connectivity index (χ0) is 14.4. The molecule has 1 N–H and O–H groups in total. The van der Waals surface area contributed by atoms with Crippen molar-refractivity contribution in [1.29, 1.82) is 0 Å². The first kappa shape index (κ1) is 15.2. The highest BCUT2D eigenvalue weighted by Gasteiger charge is 2.29. The zero-order valence-electron chi connectivity index (χ0n) is 11.5. The number of anilines is 1. The van der Waals surface area contributed by atoms with Crippen LogP contribution in [0.15, 0.2) is 24.3 Å². The van der Waals surface area contributed by atoms with Crippen LogP contribution in [0.2, 0.25) is 0 Å². The van der Waals surface area contributed by atoms with Gasteiger partial charge in [0.25, 0.3) is 0 Å². The van der Waals surface area contributed by atoms with E-state index < -0.39 is 11.7 Å². The number of nitrogens with zero attached hydrogens (tertiary/aromatic N) is 1. The maximum Gasteiger partial charge on any atom is 0.416 e. The van der Waals surface area contributed by atoms with Gasteiger partial charge in [-0.25, -0.2) is 0 Å². The summed E-state index contributed by atoms with van der Waals surface area (Å²) < 4.78 is 37.2. The Morgan fingerprint density at radius 1 is 1.00 bits per heavy atom. The summed E-state index contributed by atoms with van der Waals surface area (Å²) in [6.45, 7) is 4.22. The largest absolute Gasteiger partial charge is 0.416 e. The summed E-state index contributed by atoms with van der Waals surface area (Å²) in [5, 5.41) is 3.17. The van der Waals surface area contributed by atoms with Crippen LogP contribution in [-0.2, 0) is 6.18 Å². The van der Waals surface area contributed by atoms with Crippen LogP contribution in [0.25, 0.3) is 0 Å². The normalized spacial score (nSPS) is 17.1. The Kier molecular flexibility index (Phi) is 5.29. The van der Waals surface area contributed by atoms with Gasteiger partial charge in [-0.15, -0.1) is 0 Å². The van der Waals surface area contributed by atoms with Crippen LogP contribution in [0, 0.1) is 0 Å². The van der Waals surface area contributed by atoms with Crippen LogP contribution < -0.4 is 5.32 Å².